The van der Waals surface area contributed by atoms with Crippen LogP contribution < -0.4 is 9.64 Å². The van der Waals surface area contributed by atoms with Crippen LogP contribution in [0.15, 0.2) is 42.7 Å². The summed E-state index contributed by atoms with van der Waals surface area (Å²) in [6, 6.07) is 9.04. The van der Waals surface area contributed by atoms with Gasteiger partial charge in [0.2, 0.25) is 5.91 Å². The standard InChI is InChI=1S/C16H17FN2O4S/c1-23-13-4-5-14(18-6-2-3-7-18)15(9-13)19-10-12(8-16(19)20)11-24(17,21)22/h2-7,9,12H,8,10-11H2,1H3. The molecule has 1 aliphatic rings. The molecule has 1 amide bonds. The van der Waals surface area contributed by atoms with Gasteiger partial charge in [0.1, 0.15) is 5.75 Å². The quantitative estimate of drug-likeness (QED) is 0.773. The van der Waals surface area contributed by atoms with Crippen LogP contribution >= 0.6 is 0 Å². The maximum Gasteiger partial charge on any atom is 0.302 e. The lowest BCUT2D eigenvalue weighted by Gasteiger charge is -2.21. The Hall–Kier alpha value is -2.35. The van der Waals surface area contributed by atoms with Crippen molar-refractivity contribution in [2.45, 2.75) is 6.42 Å². The molecule has 1 unspecified atom stereocenters. The first kappa shape index (κ1) is 16.5. The third-order valence-corrected chi connectivity index (χ3v) is 4.87. The smallest absolute Gasteiger partial charge is 0.302 e. The number of nitrogens with zero attached hydrogens (tertiary/aromatic N) is 2. The minimum Gasteiger partial charge on any atom is -0.497 e. The van der Waals surface area contributed by atoms with Crippen LogP contribution in [0, 0.1) is 5.92 Å². The number of halogens is 1. The second kappa shape index (κ2) is 6.27. The van der Waals surface area contributed by atoms with E-state index in [2.05, 4.69) is 0 Å². The molecule has 24 heavy (non-hydrogen) atoms. The Morgan fingerprint density at radius 3 is 2.58 bits per heavy atom. The Kier molecular flexibility index (Phi) is 4.31. The van der Waals surface area contributed by atoms with Crippen LogP contribution in [0.4, 0.5) is 9.57 Å². The normalized spacial score (nSPS) is 18.2. The average Bonchev–Trinajstić information content (AvgIpc) is 3.15. The zero-order chi connectivity index (χ0) is 17.3. The molecule has 1 aromatic carbocycles. The molecular formula is C16H17FN2O4S. The van der Waals surface area contributed by atoms with Crippen molar-refractivity contribution in [1.82, 2.24) is 4.57 Å². The van der Waals surface area contributed by atoms with Gasteiger partial charge in [0, 0.05) is 37.3 Å². The third kappa shape index (κ3) is 3.43. The average molecular weight is 352 g/mol. The highest BCUT2D eigenvalue weighted by molar-refractivity contribution is 7.86. The molecule has 0 N–H and O–H groups in total. The lowest BCUT2D eigenvalue weighted by molar-refractivity contribution is -0.117. The second-order valence-corrected chi connectivity index (χ2v) is 7.14. The van der Waals surface area contributed by atoms with Gasteiger partial charge in [-0.3, -0.25) is 4.79 Å². The van der Waals surface area contributed by atoms with Crippen LogP contribution in [0.3, 0.4) is 0 Å². The Labute approximate surface area is 139 Å². The number of carbonyl (C=O) groups is 1. The van der Waals surface area contributed by atoms with Crippen LogP contribution in [0.5, 0.6) is 5.75 Å². The molecule has 3 rings (SSSR count). The van der Waals surface area contributed by atoms with Crippen molar-refractivity contribution in [1.29, 1.82) is 0 Å². The Bertz CT molecular complexity index is 849. The van der Waals surface area contributed by atoms with E-state index in [1.807, 2.05) is 35.2 Å². The molecule has 2 heterocycles. The zero-order valence-corrected chi connectivity index (χ0v) is 13.9. The Morgan fingerprint density at radius 1 is 1.25 bits per heavy atom. The lowest BCUT2D eigenvalue weighted by Crippen LogP contribution is -2.26. The molecule has 8 heteroatoms. The number of amides is 1. The summed E-state index contributed by atoms with van der Waals surface area (Å²) in [5.41, 5.74) is 1.37. The van der Waals surface area contributed by atoms with Crippen molar-refractivity contribution < 1.29 is 21.8 Å². The highest BCUT2D eigenvalue weighted by Gasteiger charge is 2.35. The fraction of sp³-hybridized carbons (Fsp3) is 0.312. The van der Waals surface area contributed by atoms with Crippen molar-refractivity contribution in [2.75, 3.05) is 24.3 Å². The molecule has 2 aromatic rings. The first-order chi connectivity index (χ1) is 11.4. The number of ether oxygens (including phenoxy) is 1. The maximum absolute atomic E-state index is 12.9. The van der Waals surface area contributed by atoms with E-state index in [1.54, 1.807) is 12.1 Å². The lowest BCUT2D eigenvalue weighted by atomic mass is 10.1. The first-order valence-electron chi connectivity index (χ1n) is 7.41. The monoisotopic (exact) mass is 352 g/mol. The summed E-state index contributed by atoms with van der Waals surface area (Å²) in [4.78, 5) is 13.8. The number of rotatable bonds is 5. The van der Waals surface area contributed by atoms with E-state index in [9.17, 15) is 17.1 Å². The van der Waals surface area contributed by atoms with Gasteiger partial charge in [0.25, 0.3) is 0 Å². The molecule has 1 aromatic heterocycles. The summed E-state index contributed by atoms with van der Waals surface area (Å²) in [6.45, 7) is 0.156. The van der Waals surface area contributed by atoms with Gasteiger partial charge in [-0.25, -0.2) is 0 Å². The molecule has 0 aliphatic carbocycles. The van der Waals surface area contributed by atoms with Gasteiger partial charge in [0.05, 0.1) is 24.2 Å². The predicted octanol–water partition coefficient (Wildman–Crippen LogP) is 2.14. The van der Waals surface area contributed by atoms with Gasteiger partial charge in [-0.05, 0) is 24.3 Å². The van der Waals surface area contributed by atoms with Gasteiger partial charge in [0.15, 0.2) is 0 Å². The van der Waals surface area contributed by atoms with Crippen molar-refractivity contribution in [3.63, 3.8) is 0 Å². The molecule has 0 saturated carbocycles. The van der Waals surface area contributed by atoms with Crippen LogP contribution in [-0.2, 0) is 15.0 Å². The summed E-state index contributed by atoms with van der Waals surface area (Å²) in [6.07, 6.45) is 3.69. The van der Waals surface area contributed by atoms with E-state index in [1.165, 1.54) is 12.0 Å². The predicted molar refractivity (Wildman–Crippen MR) is 87.7 cm³/mol. The first-order valence-corrected chi connectivity index (χ1v) is 8.97. The van der Waals surface area contributed by atoms with Gasteiger partial charge < -0.3 is 14.2 Å². The van der Waals surface area contributed by atoms with Crippen LogP contribution in [-0.4, -0.2) is 38.3 Å². The molecule has 0 radical (unpaired) electrons. The van der Waals surface area contributed by atoms with Crippen molar-refractivity contribution in [3.8, 4) is 11.4 Å². The Balaban J connectivity index is 1.97. The molecule has 128 valence electrons. The maximum atomic E-state index is 12.9. The van der Waals surface area contributed by atoms with Crippen molar-refractivity contribution >= 4 is 21.8 Å². The SMILES string of the molecule is COc1ccc(-n2cccc2)c(N2CC(CS(=O)(=O)F)CC2=O)c1. The summed E-state index contributed by atoms with van der Waals surface area (Å²) >= 11 is 0. The summed E-state index contributed by atoms with van der Waals surface area (Å²) < 4.78 is 41.8. The number of benzene rings is 1. The fourth-order valence-electron chi connectivity index (χ4n) is 2.97. The van der Waals surface area contributed by atoms with E-state index < -0.39 is 21.9 Å². The van der Waals surface area contributed by atoms with E-state index in [4.69, 9.17) is 4.74 Å². The van der Waals surface area contributed by atoms with Gasteiger partial charge in [-0.1, -0.05) is 0 Å². The van der Waals surface area contributed by atoms with Gasteiger partial charge >= 0.3 is 10.2 Å². The summed E-state index contributed by atoms with van der Waals surface area (Å²) in [7, 11) is -3.09. The topological polar surface area (TPSA) is 68.6 Å². The van der Waals surface area contributed by atoms with E-state index in [0.717, 1.165) is 5.69 Å². The summed E-state index contributed by atoms with van der Waals surface area (Å²) in [5.74, 6) is -0.852. The summed E-state index contributed by atoms with van der Waals surface area (Å²) in [5, 5.41) is 0. The number of carbonyl (C=O) groups excluding carboxylic acids is 1. The number of anilines is 1. The largest absolute Gasteiger partial charge is 0.497 e. The molecule has 1 fully saturated rings. The van der Waals surface area contributed by atoms with E-state index in [-0.39, 0.29) is 18.9 Å². The number of hydrogen-bond acceptors (Lipinski definition) is 4. The van der Waals surface area contributed by atoms with Crippen LogP contribution in [0.2, 0.25) is 0 Å². The molecule has 1 atom stereocenters. The minimum absolute atomic E-state index is 0.00543. The molecule has 6 nitrogen and oxygen atoms in total. The third-order valence-electron chi connectivity index (χ3n) is 4.00. The van der Waals surface area contributed by atoms with E-state index >= 15 is 0 Å². The molecule has 0 bridgehead atoms. The van der Waals surface area contributed by atoms with E-state index in [0.29, 0.717) is 11.4 Å². The number of hydrogen-bond donors (Lipinski definition) is 0. The van der Waals surface area contributed by atoms with Gasteiger partial charge in [-0.2, -0.15) is 8.42 Å². The van der Waals surface area contributed by atoms with Crippen molar-refractivity contribution in [3.05, 3.63) is 42.7 Å². The van der Waals surface area contributed by atoms with Crippen LogP contribution in [0.1, 0.15) is 6.42 Å². The molecule has 1 saturated heterocycles. The number of aromatic nitrogens is 1. The minimum atomic E-state index is -4.61. The van der Waals surface area contributed by atoms with Crippen LogP contribution in [0.25, 0.3) is 5.69 Å². The molecular weight excluding hydrogens is 335 g/mol. The highest BCUT2D eigenvalue weighted by atomic mass is 32.3. The highest BCUT2D eigenvalue weighted by Crippen LogP contribution is 2.34. The van der Waals surface area contributed by atoms with Gasteiger partial charge in [-0.15, -0.1) is 3.89 Å². The Morgan fingerprint density at radius 2 is 1.96 bits per heavy atom. The molecule has 1 aliphatic heterocycles. The molecule has 0 spiro atoms. The fourth-order valence-corrected chi connectivity index (χ4v) is 3.75. The number of methoxy groups -OCH3 is 1. The van der Waals surface area contributed by atoms with Crippen molar-refractivity contribution in [2.24, 2.45) is 5.92 Å². The zero-order valence-electron chi connectivity index (χ0n) is 13.1. The second-order valence-electron chi connectivity index (χ2n) is 5.72.